The van der Waals surface area contributed by atoms with Crippen LogP contribution >= 0.6 is 0 Å². The predicted octanol–water partition coefficient (Wildman–Crippen LogP) is 2.27. The summed E-state index contributed by atoms with van der Waals surface area (Å²) in [5.74, 6) is 0.505. The van der Waals surface area contributed by atoms with Gasteiger partial charge < -0.3 is 19.8 Å². The largest absolute Gasteiger partial charge is 0.483 e. The predicted molar refractivity (Wildman–Crippen MR) is 98.4 cm³/mol. The number of ether oxygens (including phenoxy) is 1. The van der Waals surface area contributed by atoms with Crippen LogP contribution in [0.4, 0.5) is 5.69 Å². The van der Waals surface area contributed by atoms with Gasteiger partial charge in [0.25, 0.3) is 11.8 Å². The summed E-state index contributed by atoms with van der Waals surface area (Å²) in [7, 11) is 1.63. The summed E-state index contributed by atoms with van der Waals surface area (Å²) in [5, 5.41) is 9.44. The number of nitrogens with one attached hydrogen (secondary N) is 2. The third-order valence-corrected chi connectivity index (χ3v) is 3.88. The van der Waals surface area contributed by atoms with Crippen LogP contribution in [-0.4, -0.2) is 28.2 Å². The van der Waals surface area contributed by atoms with Crippen LogP contribution in [0.25, 0.3) is 0 Å². The molecule has 0 aliphatic rings. The van der Waals surface area contributed by atoms with Crippen molar-refractivity contribution in [2.45, 2.75) is 13.5 Å². The maximum Gasteiger partial charge on any atom is 0.272 e. The molecule has 2 heterocycles. The number of hydrogen-bond acceptors (Lipinski definition) is 5. The molecule has 0 fully saturated rings. The van der Waals surface area contributed by atoms with E-state index in [9.17, 15) is 9.59 Å². The second kappa shape index (κ2) is 8.22. The minimum Gasteiger partial charge on any atom is -0.483 e. The Morgan fingerprint density at radius 1 is 1.22 bits per heavy atom. The zero-order valence-corrected chi connectivity index (χ0v) is 15.1. The number of carbonyl (C=O) groups excluding carboxylic acids is 2. The van der Waals surface area contributed by atoms with Crippen molar-refractivity contribution >= 4 is 17.5 Å². The van der Waals surface area contributed by atoms with Crippen LogP contribution in [-0.2, 0) is 18.4 Å². The van der Waals surface area contributed by atoms with Crippen LogP contribution in [0.3, 0.4) is 0 Å². The highest BCUT2D eigenvalue weighted by molar-refractivity contribution is 6.02. The van der Waals surface area contributed by atoms with Crippen molar-refractivity contribution in [1.82, 2.24) is 15.1 Å². The summed E-state index contributed by atoms with van der Waals surface area (Å²) in [6.45, 7) is 1.96. The van der Waals surface area contributed by atoms with E-state index in [1.165, 1.54) is 17.1 Å². The number of furan rings is 1. The highest BCUT2D eigenvalue weighted by Gasteiger charge is 2.19. The normalized spacial score (nSPS) is 10.4. The van der Waals surface area contributed by atoms with E-state index in [4.69, 9.17) is 9.15 Å². The molecule has 1 aromatic carbocycles. The highest BCUT2D eigenvalue weighted by atomic mass is 16.5. The third kappa shape index (κ3) is 4.55. The molecule has 0 atom stereocenters. The molecule has 2 amide bonds. The Morgan fingerprint density at radius 3 is 2.78 bits per heavy atom. The van der Waals surface area contributed by atoms with E-state index in [2.05, 4.69) is 15.7 Å². The number of para-hydroxylation sites is 1. The standard InChI is InChI=1S/C19H20N4O4/c1-13-6-3-4-8-16(13)27-12-17(24)22-15-11-21-23(2)18(15)19(25)20-10-14-7-5-9-26-14/h3-9,11H,10,12H2,1-2H3,(H,20,25)(H,22,24). The van der Waals surface area contributed by atoms with Gasteiger partial charge in [-0.2, -0.15) is 5.10 Å². The fourth-order valence-corrected chi connectivity index (χ4v) is 2.51. The second-order valence-electron chi connectivity index (χ2n) is 5.89. The van der Waals surface area contributed by atoms with Crippen molar-refractivity contribution < 1.29 is 18.7 Å². The average molecular weight is 368 g/mol. The summed E-state index contributed by atoms with van der Waals surface area (Å²) in [6, 6.07) is 10.9. The van der Waals surface area contributed by atoms with Crippen molar-refractivity contribution in [2.24, 2.45) is 7.05 Å². The second-order valence-corrected chi connectivity index (χ2v) is 5.89. The summed E-state index contributed by atoms with van der Waals surface area (Å²) < 4.78 is 12.1. The van der Waals surface area contributed by atoms with Crippen molar-refractivity contribution in [3.8, 4) is 5.75 Å². The van der Waals surface area contributed by atoms with Crippen LogP contribution in [0, 0.1) is 6.92 Å². The molecule has 8 heteroatoms. The van der Waals surface area contributed by atoms with E-state index in [0.717, 1.165) is 5.56 Å². The lowest BCUT2D eigenvalue weighted by atomic mass is 10.2. The SMILES string of the molecule is Cc1ccccc1OCC(=O)Nc1cnn(C)c1C(=O)NCc1ccco1. The molecule has 3 aromatic rings. The van der Waals surface area contributed by atoms with E-state index >= 15 is 0 Å². The summed E-state index contributed by atoms with van der Waals surface area (Å²) in [4.78, 5) is 24.7. The Labute approximate surface area is 156 Å². The molecule has 0 radical (unpaired) electrons. The number of nitrogens with zero attached hydrogens (tertiary/aromatic N) is 2. The average Bonchev–Trinajstić information content (AvgIpc) is 3.29. The quantitative estimate of drug-likeness (QED) is 0.667. The lowest BCUT2D eigenvalue weighted by Crippen LogP contribution is -2.27. The number of aryl methyl sites for hydroxylation is 2. The lowest BCUT2D eigenvalue weighted by Gasteiger charge is -2.10. The minimum atomic E-state index is -0.383. The maximum atomic E-state index is 12.5. The molecular weight excluding hydrogens is 348 g/mol. The van der Waals surface area contributed by atoms with Gasteiger partial charge in [-0.05, 0) is 30.7 Å². The zero-order chi connectivity index (χ0) is 19.2. The van der Waals surface area contributed by atoms with Gasteiger partial charge in [0.15, 0.2) is 6.61 Å². The van der Waals surface area contributed by atoms with E-state index in [1.807, 2.05) is 25.1 Å². The van der Waals surface area contributed by atoms with Gasteiger partial charge in [0.2, 0.25) is 0 Å². The number of amides is 2. The Hall–Kier alpha value is -3.55. The maximum absolute atomic E-state index is 12.5. The van der Waals surface area contributed by atoms with E-state index in [1.54, 1.807) is 25.2 Å². The van der Waals surface area contributed by atoms with E-state index in [0.29, 0.717) is 17.2 Å². The number of anilines is 1. The van der Waals surface area contributed by atoms with Crippen molar-refractivity contribution in [3.05, 3.63) is 65.9 Å². The molecule has 27 heavy (non-hydrogen) atoms. The van der Waals surface area contributed by atoms with Gasteiger partial charge in [-0.3, -0.25) is 14.3 Å². The number of hydrogen-bond donors (Lipinski definition) is 2. The number of benzene rings is 1. The van der Waals surface area contributed by atoms with Crippen LogP contribution in [0.2, 0.25) is 0 Å². The van der Waals surface area contributed by atoms with Crippen LogP contribution < -0.4 is 15.4 Å². The molecule has 140 valence electrons. The fourth-order valence-electron chi connectivity index (χ4n) is 2.51. The van der Waals surface area contributed by atoms with E-state index < -0.39 is 0 Å². The first kappa shape index (κ1) is 18.2. The molecule has 0 aliphatic heterocycles. The monoisotopic (exact) mass is 368 g/mol. The Kier molecular flexibility index (Phi) is 5.55. The van der Waals surface area contributed by atoms with Gasteiger partial charge in [-0.25, -0.2) is 0 Å². The van der Waals surface area contributed by atoms with Crippen molar-refractivity contribution in [1.29, 1.82) is 0 Å². The van der Waals surface area contributed by atoms with Crippen LogP contribution in [0.5, 0.6) is 5.75 Å². The van der Waals surface area contributed by atoms with Gasteiger partial charge in [0.1, 0.15) is 17.2 Å². The number of carbonyl (C=O) groups is 2. The first-order valence-electron chi connectivity index (χ1n) is 8.35. The Balaban J connectivity index is 1.60. The molecule has 0 unspecified atom stereocenters. The molecule has 3 rings (SSSR count). The molecule has 2 N–H and O–H groups in total. The molecule has 0 bridgehead atoms. The molecule has 0 saturated heterocycles. The van der Waals surface area contributed by atoms with Gasteiger partial charge in [-0.15, -0.1) is 0 Å². The smallest absolute Gasteiger partial charge is 0.272 e. The van der Waals surface area contributed by atoms with Gasteiger partial charge in [0, 0.05) is 7.05 Å². The van der Waals surface area contributed by atoms with E-state index in [-0.39, 0.29) is 30.7 Å². The third-order valence-electron chi connectivity index (χ3n) is 3.88. The lowest BCUT2D eigenvalue weighted by molar-refractivity contribution is -0.118. The van der Waals surface area contributed by atoms with Crippen LogP contribution in [0.15, 0.2) is 53.3 Å². The van der Waals surface area contributed by atoms with Crippen molar-refractivity contribution in [2.75, 3.05) is 11.9 Å². The van der Waals surface area contributed by atoms with Gasteiger partial charge in [-0.1, -0.05) is 18.2 Å². The van der Waals surface area contributed by atoms with Crippen LogP contribution in [0.1, 0.15) is 21.8 Å². The first-order valence-corrected chi connectivity index (χ1v) is 8.35. The summed E-state index contributed by atoms with van der Waals surface area (Å²) >= 11 is 0. The first-order chi connectivity index (χ1) is 13.0. The molecule has 0 aliphatic carbocycles. The number of rotatable bonds is 7. The summed E-state index contributed by atoms with van der Waals surface area (Å²) in [5.41, 5.74) is 1.49. The zero-order valence-electron chi connectivity index (χ0n) is 15.1. The molecule has 0 spiro atoms. The van der Waals surface area contributed by atoms with Gasteiger partial charge in [0.05, 0.1) is 24.7 Å². The summed E-state index contributed by atoms with van der Waals surface area (Å²) in [6.07, 6.45) is 2.96. The Morgan fingerprint density at radius 2 is 2.04 bits per heavy atom. The highest BCUT2D eigenvalue weighted by Crippen LogP contribution is 2.17. The topological polar surface area (TPSA) is 98.4 Å². The minimum absolute atomic E-state index is 0.173. The molecular formula is C19H20N4O4. The molecule has 8 nitrogen and oxygen atoms in total. The fraction of sp³-hybridized carbons (Fsp3) is 0.211. The number of aromatic nitrogens is 2. The molecule has 2 aromatic heterocycles. The Bertz CT molecular complexity index is 931. The van der Waals surface area contributed by atoms with Gasteiger partial charge >= 0.3 is 0 Å². The molecule has 0 saturated carbocycles. The van der Waals surface area contributed by atoms with Crippen molar-refractivity contribution in [3.63, 3.8) is 0 Å².